The minimum absolute atomic E-state index is 0.245. The molecule has 3 N–H and O–H groups in total. The van der Waals surface area contributed by atoms with Gasteiger partial charge >= 0.3 is 0 Å². The molecule has 20 heavy (non-hydrogen) atoms. The largest absolute Gasteiger partial charge is 0.398 e. The Kier molecular flexibility index (Phi) is 5.56. The van der Waals surface area contributed by atoms with Gasteiger partial charge in [-0.2, -0.15) is 0 Å². The monoisotopic (exact) mass is 300 g/mol. The molecule has 1 unspecified atom stereocenters. The Morgan fingerprint density at radius 1 is 1.30 bits per heavy atom. The Morgan fingerprint density at radius 2 is 1.90 bits per heavy atom. The van der Waals surface area contributed by atoms with Crippen molar-refractivity contribution in [3.8, 4) is 0 Å². The highest BCUT2D eigenvalue weighted by Gasteiger charge is 2.24. The van der Waals surface area contributed by atoms with Crippen molar-refractivity contribution in [3.63, 3.8) is 0 Å². The molecule has 0 radical (unpaired) electrons. The maximum atomic E-state index is 12.6. The Morgan fingerprint density at radius 3 is 2.40 bits per heavy atom. The molecule has 5 nitrogen and oxygen atoms in total. The highest BCUT2D eigenvalue weighted by Crippen LogP contribution is 2.28. The summed E-state index contributed by atoms with van der Waals surface area (Å²) in [6.45, 7) is 7.64. The lowest BCUT2D eigenvalue weighted by Crippen LogP contribution is -2.38. The summed E-state index contributed by atoms with van der Waals surface area (Å²) in [6, 6.07) is 1.56. The summed E-state index contributed by atoms with van der Waals surface area (Å²) < 4.78 is 32.9. The predicted octanol–water partition coefficient (Wildman–Crippen LogP) is 1.90. The number of nitrogens with one attached hydrogen (secondary N) is 1. The van der Waals surface area contributed by atoms with Gasteiger partial charge in [0, 0.05) is 18.8 Å². The van der Waals surface area contributed by atoms with Crippen molar-refractivity contribution in [2.24, 2.45) is 0 Å². The molecule has 0 spiro atoms. The number of benzene rings is 1. The Bertz CT molecular complexity index is 556. The molecular formula is C14H24N2O3S. The minimum Gasteiger partial charge on any atom is -0.398 e. The number of hydrogen-bond donors (Lipinski definition) is 2. The zero-order chi connectivity index (χ0) is 15.5. The van der Waals surface area contributed by atoms with Gasteiger partial charge in [0.15, 0.2) is 0 Å². The summed E-state index contributed by atoms with van der Waals surface area (Å²) in [6.07, 6.45) is 0.659. The van der Waals surface area contributed by atoms with Crippen LogP contribution in [-0.4, -0.2) is 28.2 Å². The smallest absolute Gasteiger partial charge is 0.241 e. The van der Waals surface area contributed by atoms with Crippen molar-refractivity contribution in [3.05, 3.63) is 22.8 Å². The van der Waals surface area contributed by atoms with E-state index in [9.17, 15) is 8.42 Å². The number of nitrogen functional groups attached to an aromatic ring is 1. The molecule has 0 saturated carbocycles. The molecule has 0 amide bonds. The predicted molar refractivity (Wildman–Crippen MR) is 81.3 cm³/mol. The number of methoxy groups -OCH3 is 1. The van der Waals surface area contributed by atoms with Crippen molar-refractivity contribution < 1.29 is 13.2 Å². The van der Waals surface area contributed by atoms with Crippen LogP contribution in [0.1, 0.15) is 30.0 Å². The first kappa shape index (κ1) is 16.9. The Balaban J connectivity index is 3.29. The summed E-state index contributed by atoms with van der Waals surface area (Å²) in [5, 5.41) is 0. The van der Waals surface area contributed by atoms with Crippen molar-refractivity contribution >= 4 is 15.7 Å². The van der Waals surface area contributed by atoms with Crippen LogP contribution in [0.4, 0.5) is 5.69 Å². The first-order valence-corrected chi connectivity index (χ1v) is 8.10. The third-order valence-corrected chi connectivity index (χ3v) is 5.32. The van der Waals surface area contributed by atoms with E-state index in [2.05, 4.69) is 4.72 Å². The quantitative estimate of drug-likeness (QED) is 0.786. The average Bonchev–Trinajstić information content (AvgIpc) is 2.35. The summed E-state index contributed by atoms with van der Waals surface area (Å²) in [4.78, 5) is 0.282. The molecule has 6 heteroatoms. The number of anilines is 1. The van der Waals surface area contributed by atoms with E-state index >= 15 is 0 Å². The third kappa shape index (κ3) is 3.50. The van der Waals surface area contributed by atoms with E-state index < -0.39 is 10.0 Å². The van der Waals surface area contributed by atoms with Crippen molar-refractivity contribution in [2.45, 2.75) is 45.1 Å². The Hall–Kier alpha value is -1.11. The number of hydrogen-bond acceptors (Lipinski definition) is 4. The fourth-order valence-corrected chi connectivity index (χ4v) is 4.04. The third-order valence-electron chi connectivity index (χ3n) is 3.53. The molecule has 1 atom stereocenters. The van der Waals surface area contributed by atoms with Gasteiger partial charge in [-0.1, -0.05) is 6.92 Å². The summed E-state index contributed by atoms with van der Waals surface area (Å²) in [5.41, 5.74) is 8.58. The highest BCUT2D eigenvalue weighted by molar-refractivity contribution is 7.89. The van der Waals surface area contributed by atoms with E-state index in [1.165, 1.54) is 0 Å². The molecule has 0 saturated heterocycles. The molecule has 0 fully saturated rings. The molecule has 0 aliphatic rings. The second kappa shape index (κ2) is 6.56. The van der Waals surface area contributed by atoms with Gasteiger partial charge in [0.25, 0.3) is 0 Å². The fraction of sp³-hybridized carbons (Fsp3) is 0.571. The van der Waals surface area contributed by atoms with E-state index in [0.717, 1.165) is 11.1 Å². The van der Waals surface area contributed by atoms with Crippen LogP contribution in [0.15, 0.2) is 11.0 Å². The lowest BCUT2D eigenvalue weighted by molar-refractivity contribution is 0.173. The number of ether oxygens (including phenoxy) is 1. The van der Waals surface area contributed by atoms with E-state index in [4.69, 9.17) is 10.5 Å². The van der Waals surface area contributed by atoms with Crippen LogP contribution in [0.25, 0.3) is 0 Å². The summed E-state index contributed by atoms with van der Waals surface area (Å²) in [5.74, 6) is 0. The van der Waals surface area contributed by atoms with Gasteiger partial charge in [-0.25, -0.2) is 13.1 Å². The second-order valence-corrected chi connectivity index (χ2v) is 6.69. The van der Waals surface area contributed by atoms with Gasteiger partial charge < -0.3 is 10.5 Å². The van der Waals surface area contributed by atoms with E-state index in [1.54, 1.807) is 27.0 Å². The van der Waals surface area contributed by atoms with Crippen LogP contribution in [0.3, 0.4) is 0 Å². The van der Waals surface area contributed by atoms with Gasteiger partial charge in [0.05, 0.1) is 11.5 Å². The normalized spacial score (nSPS) is 13.4. The van der Waals surface area contributed by atoms with Crippen molar-refractivity contribution in [1.29, 1.82) is 0 Å². The van der Waals surface area contributed by atoms with Crippen LogP contribution in [0.5, 0.6) is 0 Å². The fourth-order valence-electron chi connectivity index (χ4n) is 2.16. The van der Waals surface area contributed by atoms with Crippen LogP contribution in [0.2, 0.25) is 0 Å². The van der Waals surface area contributed by atoms with Crippen molar-refractivity contribution in [1.82, 2.24) is 4.72 Å². The van der Waals surface area contributed by atoms with Crippen LogP contribution < -0.4 is 10.5 Å². The zero-order valence-electron chi connectivity index (χ0n) is 12.8. The van der Waals surface area contributed by atoms with Crippen molar-refractivity contribution in [2.75, 3.05) is 19.5 Å². The van der Waals surface area contributed by atoms with Crippen LogP contribution in [-0.2, 0) is 14.8 Å². The number of rotatable bonds is 6. The lowest BCUT2D eigenvalue weighted by atomic mass is 10.1. The topological polar surface area (TPSA) is 81.4 Å². The molecule has 114 valence electrons. The second-order valence-electron chi connectivity index (χ2n) is 5.04. The first-order valence-electron chi connectivity index (χ1n) is 6.62. The van der Waals surface area contributed by atoms with Crippen LogP contribution in [0, 0.1) is 20.8 Å². The lowest BCUT2D eigenvalue weighted by Gasteiger charge is -2.20. The number of sulfonamides is 1. The Labute approximate surface area is 121 Å². The van der Waals surface area contributed by atoms with E-state index in [-0.39, 0.29) is 10.9 Å². The molecule has 1 rings (SSSR count). The maximum Gasteiger partial charge on any atom is 0.241 e. The molecule has 0 heterocycles. The van der Waals surface area contributed by atoms with Gasteiger partial charge in [0.2, 0.25) is 10.0 Å². The number of aryl methyl sites for hydroxylation is 1. The first-order chi connectivity index (χ1) is 9.24. The van der Waals surface area contributed by atoms with Crippen LogP contribution >= 0.6 is 0 Å². The molecule has 0 aliphatic carbocycles. The van der Waals surface area contributed by atoms with Gasteiger partial charge in [-0.15, -0.1) is 0 Å². The number of nitrogens with two attached hydrogens (primary N) is 1. The summed E-state index contributed by atoms with van der Waals surface area (Å²) >= 11 is 0. The summed E-state index contributed by atoms with van der Waals surface area (Å²) in [7, 11) is -2.06. The van der Waals surface area contributed by atoms with E-state index in [0.29, 0.717) is 24.3 Å². The highest BCUT2D eigenvalue weighted by atomic mass is 32.2. The molecule has 0 aromatic heterocycles. The van der Waals surface area contributed by atoms with Gasteiger partial charge in [-0.3, -0.25) is 0 Å². The molecule has 0 bridgehead atoms. The molecular weight excluding hydrogens is 276 g/mol. The van der Waals surface area contributed by atoms with E-state index in [1.807, 2.05) is 13.8 Å². The minimum atomic E-state index is -3.61. The average molecular weight is 300 g/mol. The maximum absolute atomic E-state index is 12.6. The molecule has 0 aliphatic heterocycles. The SMILES string of the molecule is CCC(COC)NS(=O)(=O)c1c(C)c(C)cc(N)c1C. The molecule has 1 aromatic rings. The molecule has 1 aromatic carbocycles. The van der Waals surface area contributed by atoms with Gasteiger partial charge in [-0.05, 0) is 49.9 Å². The van der Waals surface area contributed by atoms with Gasteiger partial charge in [0.1, 0.15) is 0 Å². The standard InChI is InChI=1S/C14H24N2O3S/c1-6-12(8-19-5)16-20(17,18)14-10(3)9(2)7-13(15)11(14)4/h7,12,16H,6,8,15H2,1-5H3. The zero-order valence-corrected chi connectivity index (χ0v) is 13.6.